The van der Waals surface area contributed by atoms with Crippen LogP contribution < -0.4 is 5.32 Å². The third kappa shape index (κ3) is 4.44. The molecular weight excluding hydrogens is 336 g/mol. The number of aromatic nitrogens is 2. The second-order valence-electron chi connectivity index (χ2n) is 7.03. The number of aryl methyl sites for hydroxylation is 2. The first-order valence-corrected chi connectivity index (χ1v) is 9.11. The van der Waals surface area contributed by atoms with E-state index >= 15 is 0 Å². The molecule has 27 heavy (non-hydrogen) atoms. The molecule has 0 aliphatic carbocycles. The molecule has 0 bridgehead atoms. The van der Waals surface area contributed by atoms with Gasteiger partial charge in [0.2, 0.25) is 0 Å². The van der Waals surface area contributed by atoms with E-state index in [0.717, 1.165) is 17.8 Å². The van der Waals surface area contributed by atoms with Crippen LogP contribution in [-0.2, 0) is 0 Å². The average molecular weight is 362 g/mol. The van der Waals surface area contributed by atoms with Crippen molar-refractivity contribution in [3.8, 4) is 16.9 Å². The predicted octanol–water partition coefficient (Wildman–Crippen LogP) is 3.45. The number of carbonyl (C=O) groups is 1. The largest absolute Gasteiger partial charge is 0.351 e. The number of para-hydroxylation sites is 1. The summed E-state index contributed by atoms with van der Waals surface area (Å²) in [5, 5.41) is 7.73. The Bertz CT molecular complexity index is 929. The molecule has 0 radical (unpaired) electrons. The van der Waals surface area contributed by atoms with Crippen molar-refractivity contribution < 1.29 is 4.79 Å². The van der Waals surface area contributed by atoms with E-state index in [0.29, 0.717) is 17.8 Å². The number of amides is 1. The van der Waals surface area contributed by atoms with E-state index in [1.165, 1.54) is 11.1 Å². The number of nitrogens with one attached hydrogen (secondary N) is 1. The quantitative estimate of drug-likeness (QED) is 0.731. The Morgan fingerprint density at radius 1 is 1.07 bits per heavy atom. The van der Waals surface area contributed by atoms with Gasteiger partial charge in [0.05, 0.1) is 11.3 Å². The zero-order chi connectivity index (χ0) is 19.4. The summed E-state index contributed by atoms with van der Waals surface area (Å²) < 4.78 is 1.77. The molecule has 5 heteroatoms. The Labute approximate surface area is 160 Å². The lowest BCUT2D eigenvalue weighted by Gasteiger charge is -2.10. The second-order valence-corrected chi connectivity index (χ2v) is 7.03. The first kappa shape index (κ1) is 18.9. The molecule has 1 aromatic heterocycles. The first-order valence-electron chi connectivity index (χ1n) is 9.11. The smallest absolute Gasteiger partial charge is 0.255 e. The molecule has 1 amide bonds. The van der Waals surface area contributed by atoms with Crippen LogP contribution in [-0.4, -0.2) is 47.8 Å². The van der Waals surface area contributed by atoms with E-state index in [1.54, 1.807) is 4.68 Å². The van der Waals surface area contributed by atoms with Gasteiger partial charge in [-0.25, -0.2) is 4.68 Å². The highest BCUT2D eigenvalue weighted by Gasteiger charge is 2.19. The minimum atomic E-state index is -0.104. The summed E-state index contributed by atoms with van der Waals surface area (Å²) in [6.07, 6.45) is 1.81. The van der Waals surface area contributed by atoms with Crippen molar-refractivity contribution in [3.05, 3.63) is 71.4 Å². The Morgan fingerprint density at radius 2 is 1.81 bits per heavy atom. The minimum absolute atomic E-state index is 0.104. The summed E-state index contributed by atoms with van der Waals surface area (Å²) >= 11 is 0. The first-order chi connectivity index (χ1) is 13.0. The summed E-state index contributed by atoms with van der Waals surface area (Å²) in [6, 6.07) is 16.0. The Balaban J connectivity index is 2.00. The van der Waals surface area contributed by atoms with E-state index in [2.05, 4.69) is 31.3 Å². The molecule has 0 fully saturated rings. The minimum Gasteiger partial charge on any atom is -0.351 e. The fraction of sp³-hybridized carbons (Fsp3) is 0.273. The predicted molar refractivity (Wildman–Crippen MR) is 109 cm³/mol. The number of benzene rings is 2. The maximum absolute atomic E-state index is 12.8. The Morgan fingerprint density at radius 3 is 2.48 bits per heavy atom. The van der Waals surface area contributed by atoms with E-state index in [-0.39, 0.29) is 5.91 Å². The average Bonchev–Trinajstić information content (AvgIpc) is 3.10. The molecule has 0 aliphatic rings. The van der Waals surface area contributed by atoms with Crippen molar-refractivity contribution in [2.24, 2.45) is 0 Å². The molecule has 3 aromatic rings. The SMILES string of the molecule is Cc1ccc(-c2nn(-c3ccccc3)cc2C(=O)NCCN(C)C)cc1C. The third-order valence-electron chi connectivity index (χ3n) is 4.60. The molecule has 0 spiro atoms. The summed E-state index contributed by atoms with van der Waals surface area (Å²) in [6.45, 7) is 5.53. The van der Waals surface area contributed by atoms with Crippen LogP contribution in [0, 0.1) is 13.8 Å². The summed E-state index contributed by atoms with van der Waals surface area (Å²) in [5.41, 5.74) is 5.56. The summed E-state index contributed by atoms with van der Waals surface area (Å²) in [5.74, 6) is -0.104. The standard InChI is InChI=1S/C22H26N4O/c1-16-10-11-18(14-17(16)2)21-20(22(27)23-12-13-25(3)4)15-26(24-21)19-8-6-5-7-9-19/h5-11,14-15H,12-13H2,1-4H3,(H,23,27). The van der Waals surface area contributed by atoms with E-state index in [1.807, 2.05) is 61.6 Å². The van der Waals surface area contributed by atoms with E-state index in [4.69, 9.17) is 5.10 Å². The lowest BCUT2D eigenvalue weighted by Crippen LogP contribution is -2.31. The number of likely N-dealkylation sites (N-methyl/N-ethyl adjacent to an activating group) is 1. The van der Waals surface area contributed by atoms with E-state index in [9.17, 15) is 4.79 Å². The van der Waals surface area contributed by atoms with Gasteiger partial charge in [0.15, 0.2) is 0 Å². The zero-order valence-corrected chi connectivity index (χ0v) is 16.4. The van der Waals surface area contributed by atoms with Gasteiger partial charge in [-0.1, -0.05) is 30.3 Å². The molecule has 0 atom stereocenters. The van der Waals surface area contributed by atoms with Gasteiger partial charge in [-0.2, -0.15) is 5.10 Å². The highest BCUT2D eigenvalue weighted by atomic mass is 16.1. The molecule has 0 saturated carbocycles. The van der Waals surface area contributed by atoms with Crippen molar-refractivity contribution in [1.29, 1.82) is 0 Å². The van der Waals surface area contributed by atoms with Crippen LogP contribution in [0.4, 0.5) is 0 Å². The van der Waals surface area contributed by atoms with Gasteiger partial charge in [-0.15, -0.1) is 0 Å². The van der Waals surface area contributed by atoms with Gasteiger partial charge >= 0.3 is 0 Å². The van der Waals surface area contributed by atoms with Crippen LogP contribution in [0.3, 0.4) is 0 Å². The monoisotopic (exact) mass is 362 g/mol. The molecule has 2 aromatic carbocycles. The normalized spacial score (nSPS) is 11.0. The van der Waals surface area contributed by atoms with Gasteiger partial charge in [-0.05, 0) is 57.3 Å². The van der Waals surface area contributed by atoms with Crippen molar-refractivity contribution in [1.82, 2.24) is 20.0 Å². The van der Waals surface area contributed by atoms with Crippen LogP contribution in [0.15, 0.2) is 54.7 Å². The highest BCUT2D eigenvalue weighted by molar-refractivity contribution is 6.00. The fourth-order valence-corrected chi connectivity index (χ4v) is 2.84. The number of hydrogen-bond acceptors (Lipinski definition) is 3. The molecule has 0 saturated heterocycles. The van der Waals surface area contributed by atoms with E-state index < -0.39 is 0 Å². The van der Waals surface area contributed by atoms with Crippen molar-refractivity contribution >= 4 is 5.91 Å². The van der Waals surface area contributed by atoms with Gasteiger partial charge in [0.1, 0.15) is 5.69 Å². The molecule has 1 heterocycles. The molecule has 3 rings (SSSR count). The fourth-order valence-electron chi connectivity index (χ4n) is 2.84. The summed E-state index contributed by atoms with van der Waals surface area (Å²) in [7, 11) is 3.97. The third-order valence-corrected chi connectivity index (χ3v) is 4.60. The van der Waals surface area contributed by atoms with Gasteiger partial charge in [0, 0.05) is 24.8 Å². The van der Waals surface area contributed by atoms with Crippen LogP contribution in [0.1, 0.15) is 21.5 Å². The van der Waals surface area contributed by atoms with Crippen molar-refractivity contribution in [2.75, 3.05) is 27.2 Å². The highest BCUT2D eigenvalue weighted by Crippen LogP contribution is 2.25. The van der Waals surface area contributed by atoms with Crippen molar-refractivity contribution in [2.45, 2.75) is 13.8 Å². The van der Waals surface area contributed by atoms with Crippen LogP contribution in [0.5, 0.6) is 0 Å². The number of carbonyl (C=O) groups excluding carboxylic acids is 1. The Kier molecular flexibility index (Phi) is 5.72. The number of rotatable bonds is 6. The molecule has 5 nitrogen and oxygen atoms in total. The molecule has 0 aliphatic heterocycles. The second kappa shape index (κ2) is 8.18. The number of nitrogens with zero attached hydrogens (tertiary/aromatic N) is 3. The maximum atomic E-state index is 12.8. The molecule has 140 valence electrons. The van der Waals surface area contributed by atoms with Crippen LogP contribution in [0.2, 0.25) is 0 Å². The number of hydrogen-bond donors (Lipinski definition) is 1. The van der Waals surface area contributed by atoms with Crippen LogP contribution in [0.25, 0.3) is 16.9 Å². The lowest BCUT2D eigenvalue weighted by atomic mass is 10.0. The lowest BCUT2D eigenvalue weighted by molar-refractivity contribution is 0.0951. The zero-order valence-electron chi connectivity index (χ0n) is 16.4. The molecular formula is C22H26N4O. The molecule has 0 unspecified atom stereocenters. The Hall–Kier alpha value is -2.92. The maximum Gasteiger partial charge on any atom is 0.255 e. The van der Waals surface area contributed by atoms with Gasteiger partial charge in [0.25, 0.3) is 5.91 Å². The summed E-state index contributed by atoms with van der Waals surface area (Å²) in [4.78, 5) is 14.9. The van der Waals surface area contributed by atoms with Crippen LogP contribution >= 0.6 is 0 Å². The molecule has 1 N–H and O–H groups in total. The topological polar surface area (TPSA) is 50.2 Å². The van der Waals surface area contributed by atoms with Crippen molar-refractivity contribution in [3.63, 3.8) is 0 Å². The van der Waals surface area contributed by atoms with Gasteiger partial charge in [-0.3, -0.25) is 4.79 Å². The van der Waals surface area contributed by atoms with Gasteiger partial charge < -0.3 is 10.2 Å².